The van der Waals surface area contributed by atoms with Crippen molar-refractivity contribution in [1.29, 1.82) is 0 Å². The van der Waals surface area contributed by atoms with Crippen molar-refractivity contribution in [3.8, 4) is 34.1 Å². The summed E-state index contributed by atoms with van der Waals surface area (Å²) in [6, 6.07) is 10.3. The van der Waals surface area contributed by atoms with Gasteiger partial charge in [0.1, 0.15) is 23.0 Å². The van der Waals surface area contributed by atoms with Gasteiger partial charge in [-0.15, -0.1) is 0 Å². The summed E-state index contributed by atoms with van der Waals surface area (Å²) in [6.07, 6.45) is 0.827. The van der Waals surface area contributed by atoms with Crippen molar-refractivity contribution in [2.75, 3.05) is 28.4 Å². The van der Waals surface area contributed by atoms with Gasteiger partial charge in [-0.2, -0.15) is 0 Å². The van der Waals surface area contributed by atoms with Crippen LogP contribution < -0.4 is 14.2 Å². The molecule has 1 N–H and O–H groups in total. The van der Waals surface area contributed by atoms with Gasteiger partial charge in [-0.1, -0.05) is 12.1 Å². The molecule has 1 aliphatic heterocycles. The van der Waals surface area contributed by atoms with Crippen molar-refractivity contribution in [3.05, 3.63) is 47.0 Å². The summed E-state index contributed by atoms with van der Waals surface area (Å²) < 4.78 is 17.1. The number of hydrogen-bond acceptors (Lipinski definition) is 5. The van der Waals surface area contributed by atoms with E-state index in [1.165, 1.54) is 0 Å². The largest absolute Gasteiger partial charge is 0.507 e. The summed E-state index contributed by atoms with van der Waals surface area (Å²) in [4.78, 5) is 2.35. The predicted octanol–water partition coefficient (Wildman–Crippen LogP) is 5.48. The Morgan fingerprint density at radius 3 is 2.26 bits per heavy atom. The molecule has 0 aliphatic carbocycles. The first-order valence-electron chi connectivity index (χ1n) is 10.6. The lowest BCUT2D eigenvalue weighted by atomic mass is 9.81. The van der Waals surface area contributed by atoms with Crippen molar-refractivity contribution >= 4 is 10.8 Å². The van der Waals surface area contributed by atoms with Crippen molar-refractivity contribution < 1.29 is 19.3 Å². The average molecular weight is 422 g/mol. The molecule has 3 aromatic carbocycles. The van der Waals surface area contributed by atoms with E-state index in [0.29, 0.717) is 6.04 Å². The smallest absolute Gasteiger partial charge is 0.130 e. The molecular formula is C26H31NO4. The molecule has 1 heterocycles. The quantitative estimate of drug-likeness (QED) is 0.604. The number of fused-ring (bicyclic) bond motifs is 2. The first-order valence-corrected chi connectivity index (χ1v) is 10.6. The average Bonchev–Trinajstić information content (AvgIpc) is 2.76. The fourth-order valence-corrected chi connectivity index (χ4v) is 5.06. The molecule has 2 unspecified atom stereocenters. The Hall–Kier alpha value is -2.92. The maximum absolute atomic E-state index is 11.3. The minimum atomic E-state index is 0.174. The number of likely N-dealkylation sites (N-methyl/N-ethyl adjacent to an activating group) is 1. The molecule has 0 saturated carbocycles. The molecule has 0 fully saturated rings. The van der Waals surface area contributed by atoms with Gasteiger partial charge in [-0.3, -0.25) is 4.90 Å². The zero-order valence-corrected chi connectivity index (χ0v) is 19.4. The maximum atomic E-state index is 11.3. The number of benzene rings is 3. The van der Waals surface area contributed by atoms with Crippen LogP contribution in [0.3, 0.4) is 0 Å². The van der Waals surface area contributed by atoms with Crippen LogP contribution in [0.4, 0.5) is 0 Å². The van der Waals surface area contributed by atoms with E-state index >= 15 is 0 Å². The van der Waals surface area contributed by atoms with Crippen LogP contribution in [0, 0.1) is 6.92 Å². The van der Waals surface area contributed by atoms with Crippen molar-refractivity contribution in [1.82, 2.24) is 4.90 Å². The molecule has 5 nitrogen and oxygen atoms in total. The molecule has 2 atom stereocenters. The highest BCUT2D eigenvalue weighted by molar-refractivity contribution is 6.06. The third kappa shape index (κ3) is 3.19. The predicted molar refractivity (Wildman–Crippen MR) is 125 cm³/mol. The highest BCUT2D eigenvalue weighted by atomic mass is 16.5. The molecule has 164 valence electrons. The van der Waals surface area contributed by atoms with E-state index in [4.69, 9.17) is 14.2 Å². The molecule has 0 radical (unpaired) electrons. The Morgan fingerprint density at radius 1 is 0.935 bits per heavy atom. The number of hydrogen-bond donors (Lipinski definition) is 1. The summed E-state index contributed by atoms with van der Waals surface area (Å²) in [5.74, 6) is 2.48. The SMILES string of the molecule is COc1cc(O)c(-c2c(C)cc(OC)c3c(OC)cccc23)c2c1C(C)N(C)C(C)C2. The number of aromatic hydroxyl groups is 1. The van der Waals surface area contributed by atoms with E-state index in [2.05, 4.69) is 38.8 Å². The molecule has 4 rings (SSSR count). The summed E-state index contributed by atoms with van der Waals surface area (Å²) >= 11 is 0. The number of phenols is 1. The monoisotopic (exact) mass is 421 g/mol. The van der Waals surface area contributed by atoms with E-state index in [1.54, 1.807) is 27.4 Å². The Balaban J connectivity index is 2.15. The molecule has 5 heteroatoms. The van der Waals surface area contributed by atoms with Crippen LogP contribution in [-0.2, 0) is 6.42 Å². The first kappa shape index (κ1) is 21.3. The lowest BCUT2D eigenvalue weighted by molar-refractivity contribution is 0.175. The molecule has 3 aromatic rings. The van der Waals surface area contributed by atoms with Crippen LogP contribution in [0.5, 0.6) is 23.0 Å². The lowest BCUT2D eigenvalue weighted by Gasteiger charge is -2.39. The Kier molecular flexibility index (Phi) is 5.48. The minimum absolute atomic E-state index is 0.174. The fourth-order valence-electron chi connectivity index (χ4n) is 5.06. The van der Waals surface area contributed by atoms with Gasteiger partial charge in [-0.05, 0) is 68.4 Å². The maximum Gasteiger partial charge on any atom is 0.130 e. The molecule has 0 amide bonds. The van der Waals surface area contributed by atoms with Crippen molar-refractivity contribution in [3.63, 3.8) is 0 Å². The van der Waals surface area contributed by atoms with Gasteiger partial charge in [0, 0.05) is 29.3 Å². The molecule has 0 spiro atoms. The van der Waals surface area contributed by atoms with Gasteiger partial charge >= 0.3 is 0 Å². The van der Waals surface area contributed by atoms with Crippen molar-refractivity contribution in [2.24, 2.45) is 0 Å². The van der Waals surface area contributed by atoms with E-state index < -0.39 is 0 Å². The zero-order valence-electron chi connectivity index (χ0n) is 19.4. The van der Waals surface area contributed by atoms with E-state index in [0.717, 1.165) is 62.3 Å². The second-order valence-electron chi connectivity index (χ2n) is 8.41. The Labute approximate surface area is 184 Å². The summed E-state index contributed by atoms with van der Waals surface area (Å²) in [7, 11) is 7.15. The second kappa shape index (κ2) is 7.97. The standard InChI is InChI=1S/C26H31NO4/c1-14-11-21(30-6)26-17(9-8-10-20(26)29-5)23(14)25-18-12-15(2)27(4)16(3)24(18)22(31-7)13-19(25)28/h8-11,13,15-16,28H,12H2,1-7H3. The highest BCUT2D eigenvalue weighted by Crippen LogP contribution is 2.50. The third-order valence-electron chi connectivity index (χ3n) is 6.83. The Morgan fingerprint density at radius 2 is 1.61 bits per heavy atom. The van der Waals surface area contributed by atoms with Crippen LogP contribution in [0.25, 0.3) is 21.9 Å². The number of methoxy groups -OCH3 is 3. The molecular weight excluding hydrogens is 390 g/mol. The van der Waals surface area contributed by atoms with E-state index in [1.807, 2.05) is 18.2 Å². The van der Waals surface area contributed by atoms with Crippen molar-refractivity contribution in [2.45, 2.75) is 39.3 Å². The number of aryl methyl sites for hydroxylation is 1. The van der Waals surface area contributed by atoms with Crippen LogP contribution in [0.1, 0.15) is 36.6 Å². The number of nitrogens with zero attached hydrogens (tertiary/aromatic N) is 1. The summed E-state index contributed by atoms with van der Waals surface area (Å²) in [6.45, 7) is 6.48. The summed E-state index contributed by atoms with van der Waals surface area (Å²) in [5, 5.41) is 13.2. The molecule has 31 heavy (non-hydrogen) atoms. The van der Waals surface area contributed by atoms with Gasteiger partial charge in [0.2, 0.25) is 0 Å². The van der Waals surface area contributed by atoms with Crippen LogP contribution in [0.15, 0.2) is 30.3 Å². The first-order chi connectivity index (χ1) is 14.8. The normalized spacial score (nSPS) is 18.7. The second-order valence-corrected chi connectivity index (χ2v) is 8.41. The number of phenolic OH excluding ortho intramolecular Hbond substituents is 1. The Bertz CT molecular complexity index is 1150. The van der Waals surface area contributed by atoms with Gasteiger partial charge in [0.15, 0.2) is 0 Å². The fraction of sp³-hybridized carbons (Fsp3) is 0.385. The minimum Gasteiger partial charge on any atom is -0.507 e. The molecule has 0 bridgehead atoms. The number of rotatable bonds is 4. The van der Waals surface area contributed by atoms with Gasteiger partial charge in [0.25, 0.3) is 0 Å². The summed E-state index contributed by atoms with van der Waals surface area (Å²) in [5.41, 5.74) is 5.21. The molecule has 0 saturated heterocycles. The van der Waals surface area contributed by atoms with Gasteiger partial charge in [0.05, 0.1) is 26.7 Å². The topological polar surface area (TPSA) is 51.2 Å². The van der Waals surface area contributed by atoms with Crippen LogP contribution in [0.2, 0.25) is 0 Å². The highest BCUT2D eigenvalue weighted by Gasteiger charge is 2.33. The van der Waals surface area contributed by atoms with Crippen LogP contribution in [-0.4, -0.2) is 44.4 Å². The lowest BCUT2D eigenvalue weighted by Crippen LogP contribution is -2.38. The van der Waals surface area contributed by atoms with E-state index in [9.17, 15) is 5.11 Å². The number of ether oxygens (including phenoxy) is 3. The van der Waals surface area contributed by atoms with Gasteiger partial charge in [-0.25, -0.2) is 0 Å². The molecule has 0 aromatic heterocycles. The van der Waals surface area contributed by atoms with Gasteiger partial charge < -0.3 is 19.3 Å². The molecule has 1 aliphatic rings. The third-order valence-corrected chi connectivity index (χ3v) is 6.83. The van der Waals surface area contributed by atoms with E-state index in [-0.39, 0.29) is 11.8 Å². The van der Waals surface area contributed by atoms with Crippen LogP contribution >= 0.6 is 0 Å². The zero-order chi connectivity index (χ0) is 22.4.